The first-order valence-corrected chi connectivity index (χ1v) is 6.91. The summed E-state index contributed by atoms with van der Waals surface area (Å²) in [6.07, 6.45) is 1.10. The molecule has 0 aromatic heterocycles. The Hall–Kier alpha value is -0.770. The summed E-state index contributed by atoms with van der Waals surface area (Å²) in [5.74, 6) is 0.0645. The predicted octanol–water partition coefficient (Wildman–Crippen LogP) is 3.47. The standard InChI is InChI=1S/C14H20Cl2N2O/c1-14(2,17)5-4-13(19)18(3)9-10-6-11(15)8-12(16)7-10/h6-8H,4-5,9,17H2,1-3H3. The van der Waals surface area contributed by atoms with Crippen LogP contribution in [0.3, 0.4) is 0 Å². The lowest BCUT2D eigenvalue weighted by Gasteiger charge is -2.21. The van der Waals surface area contributed by atoms with Gasteiger partial charge >= 0.3 is 0 Å². The van der Waals surface area contributed by atoms with Crippen LogP contribution in [0.25, 0.3) is 0 Å². The summed E-state index contributed by atoms with van der Waals surface area (Å²) >= 11 is 11.9. The Morgan fingerprint density at radius 3 is 2.26 bits per heavy atom. The van der Waals surface area contributed by atoms with Gasteiger partial charge in [0.1, 0.15) is 0 Å². The van der Waals surface area contributed by atoms with Crippen molar-refractivity contribution in [3.05, 3.63) is 33.8 Å². The van der Waals surface area contributed by atoms with Gasteiger partial charge in [-0.3, -0.25) is 4.79 Å². The van der Waals surface area contributed by atoms with Crippen molar-refractivity contribution in [2.24, 2.45) is 5.73 Å². The largest absolute Gasteiger partial charge is 0.341 e. The van der Waals surface area contributed by atoms with E-state index in [0.29, 0.717) is 29.4 Å². The monoisotopic (exact) mass is 302 g/mol. The number of halogens is 2. The Labute approximate surface area is 124 Å². The van der Waals surface area contributed by atoms with E-state index in [1.807, 2.05) is 26.0 Å². The van der Waals surface area contributed by atoms with Gasteiger partial charge in [0.15, 0.2) is 0 Å². The van der Waals surface area contributed by atoms with Crippen molar-refractivity contribution < 1.29 is 4.79 Å². The molecule has 0 heterocycles. The molecule has 0 saturated heterocycles. The maximum atomic E-state index is 12.0. The van der Waals surface area contributed by atoms with Gasteiger partial charge in [0.25, 0.3) is 0 Å². The van der Waals surface area contributed by atoms with E-state index in [4.69, 9.17) is 28.9 Å². The highest BCUT2D eigenvalue weighted by Gasteiger charge is 2.16. The molecule has 0 aliphatic rings. The zero-order valence-corrected chi connectivity index (χ0v) is 13.1. The van der Waals surface area contributed by atoms with Crippen LogP contribution in [0, 0.1) is 0 Å². The molecule has 0 atom stereocenters. The van der Waals surface area contributed by atoms with Gasteiger partial charge in [0, 0.05) is 35.6 Å². The minimum Gasteiger partial charge on any atom is -0.341 e. The Kier molecular flexibility index (Phi) is 5.65. The highest BCUT2D eigenvalue weighted by molar-refractivity contribution is 6.34. The molecule has 2 N–H and O–H groups in total. The van der Waals surface area contributed by atoms with Gasteiger partial charge in [-0.1, -0.05) is 23.2 Å². The van der Waals surface area contributed by atoms with Crippen molar-refractivity contribution in [3.8, 4) is 0 Å². The van der Waals surface area contributed by atoms with Crippen LogP contribution < -0.4 is 5.73 Å². The molecule has 0 spiro atoms. The summed E-state index contributed by atoms with van der Waals surface area (Å²) < 4.78 is 0. The van der Waals surface area contributed by atoms with E-state index < -0.39 is 0 Å². The number of carbonyl (C=O) groups is 1. The number of hydrogen-bond acceptors (Lipinski definition) is 2. The normalized spacial score (nSPS) is 11.5. The minimum absolute atomic E-state index is 0.0645. The number of hydrogen-bond donors (Lipinski definition) is 1. The Morgan fingerprint density at radius 2 is 1.79 bits per heavy atom. The molecule has 1 aromatic rings. The van der Waals surface area contributed by atoms with Gasteiger partial charge < -0.3 is 10.6 Å². The van der Waals surface area contributed by atoms with Crippen LogP contribution in [0.2, 0.25) is 10.0 Å². The first kappa shape index (κ1) is 16.3. The second kappa shape index (κ2) is 6.60. The van der Waals surface area contributed by atoms with Crippen LogP contribution in [0.5, 0.6) is 0 Å². The molecular weight excluding hydrogens is 283 g/mol. The van der Waals surface area contributed by atoms with Crippen LogP contribution in [-0.4, -0.2) is 23.4 Å². The topological polar surface area (TPSA) is 46.3 Å². The number of benzene rings is 1. The third-order valence-corrected chi connectivity index (χ3v) is 3.19. The van der Waals surface area contributed by atoms with Crippen molar-refractivity contribution in [1.29, 1.82) is 0 Å². The van der Waals surface area contributed by atoms with Gasteiger partial charge in [-0.25, -0.2) is 0 Å². The molecule has 106 valence electrons. The van der Waals surface area contributed by atoms with Crippen LogP contribution in [0.15, 0.2) is 18.2 Å². The average molecular weight is 303 g/mol. The molecule has 0 unspecified atom stereocenters. The van der Waals surface area contributed by atoms with Gasteiger partial charge in [0.05, 0.1) is 0 Å². The number of nitrogens with two attached hydrogens (primary N) is 1. The maximum Gasteiger partial charge on any atom is 0.222 e. The van der Waals surface area contributed by atoms with E-state index in [1.165, 1.54) is 0 Å². The summed E-state index contributed by atoms with van der Waals surface area (Å²) in [7, 11) is 1.76. The minimum atomic E-state index is -0.324. The zero-order chi connectivity index (χ0) is 14.6. The molecule has 0 bridgehead atoms. The lowest BCUT2D eigenvalue weighted by molar-refractivity contribution is -0.130. The second-order valence-electron chi connectivity index (χ2n) is 5.52. The summed E-state index contributed by atoms with van der Waals surface area (Å²) in [5.41, 5.74) is 6.46. The first-order valence-electron chi connectivity index (χ1n) is 6.15. The Morgan fingerprint density at radius 1 is 1.26 bits per heavy atom. The Balaban J connectivity index is 2.58. The van der Waals surface area contributed by atoms with Gasteiger partial charge in [-0.05, 0) is 44.0 Å². The van der Waals surface area contributed by atoms with Crippen molar-refractivity contribution >= 4 is 29.1 Å². The van der Waals surface area contributed by atoms with E-state index in [2.05, 4.69) is 0 Å². The molecule has 0 aliphatic carbocycles. The van der Waals surface area contributed by atoms with E-state index in [-0.39, 0.29) is 11.4 Å². The van der Waals surface area contributed by atoms with Crippen LogP contribution in [0.4, 0.5) is 0 Å². The summed E-state index contributed by atoms with van der Waals surface area (Å²) in [4.78, 5) is 13.6. The van der Waals surface area contributed by atoms with Crippen molar-refractivity contribution in [2.45, 2.75) is 38.8 Å². The molecule has 0 radical (unpaired) electrons. The van der Waals surface area contributed by atoms with Crippen LogP contribution in [0.1, 0.15) is 32.3 Å². The number of carbonyl (C=O) groups excluding carboxylic acids is 1. The lowest BCUT2D eigenvalue weighted by atomic mass is 10.00. The molecule has 0 aliphatic heterocycles. The molecular formula is C14H20Cl2N2O. The molecule has 5 heteroatoms. The zero-order valence-electron chi connectivity index (χ0n) is 11.5. The Bertz CT molecular complexity index is 435. The first-order chi connectivity index (χ1) is 8.67. The fourth-order valence-electron chi connectivity index (χ4n) is 1.68. The van der Waals surface area contributed by atoms with Gasteiger partial charge in [-0.15, -0.1) is 0 Å². The van der Waals surface area contributed by atoms with E-state index in [0.717, 1.165) is 5.56 Å². The highest BCUT2D eigenvalue weighted by atomic mass is 35.5. The van der Waals surface area contributed by atoms with Gasteiger partial charge in [-0.2, -0.15) is 0 Å². The molecule has 19 heavy (non-hydrogen) atoms. The van der Waals surface area contributed by atoms with E-state index >= 15 is 0 Å². The SMILES string of the molecule is CN(Cc1cc(Cl)cc(Cl)c1)C(=O)CCC(C)(C)N. The quantitative estimate of drug-likeness (QED) is 0.905. The number of rotatable bonds is 5. The van der Waals surface area contributed by atoms with E-state index in [9.17, 15) is 4.79 Å². The van der Waals surface area contributed by atoms with Crippen molar-refractivity contribution in [1.82, 2.24) is 4.90 Å². The fourth-order valence-corrected chi connectivity index (χ4v) is 2.26. The van der Waals surface area contributed by atoms with Crippen molar-refractivity contribution in [3.63, 3.8) is 0 Å². The average Bonchev–Trinajstić information content (AvgIpc) is 2.23. The number of amides is 1. The third kappa shape index (κ3) is 6.28. The smallest absolute Gasteiger partial charge is 0.222 e. The molecule has 1 aromatic carbocycles. The second-order valence-corrected chi connectivity index (χ2v) is 6.39. The predicted molar refractivity (Wildman–Crippen MR) is 80.4 cm³/mol. The summed E-state index contributed by atoms with van der Waals surface area (Å²) in [5, 5.41) is 1.15. The van der Waals surface area contributed by atoms with Crippen molar-refractivity contribution in [2.75, 3.05) is 7.05 Å². The maximum absolute atomic E-state index is 12.0. The molecule has 3 nitrogen and oxygen atoms in total. The van der Waals surface area contributed by atoms with E-state index in [1.54, 1.807) is 18.0 Å². The molecule has 1 rings (SSSR count). The lowest BCUT2D eigenvalue weighted by Crippen LogP contribution is -2.34. The van der Waals surface area contributed by atoms with Crippen LogP contribution >= 0.6 is 23.2 Å². The highest BCUT2D eigenvalue weighted by Crippen LogP contribution is 2.20. The third-order valence-electron chi connectivity index (χ3n) is 2.75. The summed E-state index contributed by atoms with van der Waals surface area (Å²) in [6.45, 7) is 4.32. The molecule has 1 amide bonds. The fraction of sp³-hybridized carbons (Fsp3) is 0.500. The van der Waals surface area contributed by atoms with Crippen LogP contribution in [-0.2, 0) is 11.3 Å². The molecule has 0 saturated carbocycles. The summed E-state index contributed by atoms with van der Waals surface area (Å²) in [6, 6.07) is 5.29. The van der Waals surface area contributed by atoms with Gasteiger partial charge in [0.2, 0.25) is 5.91 Å². The number of nitrogens with zero attached hydrogens (tertiary/aromatic N) is 1. The molecule has 0 fully saturated rings.